The molecule has 1 N–H and O–H groups in total. The van der Waals surface area contributed by atoms with Gasteiger partial charge in [-0.15, -0.1) is 0 Å². The molecule has 0 atom stereocenters. The Morgan fingerprint density at radius 3 is 2.62 bits per heavy atom. The molecule has 1 saturated carbocycles. The average molecular weight is 314 g/mol. The van der Waals surface area contributed by atoms with Crippen molar-refractivity contribution in [3.05, 3.63) is 29.1 Å². The van der Waals surface area contributed by atoms with Crippen LogP contribution in [0, 0.1) is 18.7 Å². The molecule has 21 heavy (non-hydrogen) atoms. The van der Waals surface area contributed by atoms with Crippen LogP contribution in [0.3, 0.4) is 0 Å². The summed E-state index contributed by atoms with van der Waals surface area (Å²) in [7, 11) is -2.06. The fraction of sp³-hybridized carbons (Fsp3) is 0.600. The van der Waals surface area contributed by atoms with Crippen molar-refractivity contribution in [2.75, 3.05) is 20.1 Å². The van der Waals surface area contributed by atoms with Crippen LogP contribution >= 0.6 is 0 Å². The molecule has 2 rings (SSSR count). The van der Waals surface area contributed by atoms with Crippen LogP contribution in [0.15, 0.2) is 17.0 Å². The second kappa shape index (κ2) is 6.42. The quantitative estimate of drug-likeness (QED) is 0.840. The average Bonchev–Trinajstić information content (AvgIpc) is 3.23. The molecule has 0 saturated heterocycles. The summed E-state index contributed by atoms with van der Waals surface area (Å²) < 4.78 is 40.6. The van der Waals surface area contributed by atoms with Crippen LogP contribution < -0.4 is 5.32 Å². The van der Waals surface area contributed by atoms with Crippen molar-refractivity contribution in [1.82, 2.24) is 9.62 Å². The molecule has 1 aromatic carbocycles. The fourth-order valence-corrected chi connectivity index (χ4v) is 3.80. The van der Waals surface area contributed by atoms with E-state index >= 15 is 0 Å². The van der Waals surface area contributed by atoms with E-state index in [1.165, 1.54) is 17.3 Å². The van der Waals surface area contributed by atoms with E-state index in [0.29, 0.717) is 24.6 Å². The van der Waals surface area contributed by atoms with Crippen molar-refractivity contribution in [3.63, 3.8) is 0 Å². The lowest BCUT2D eigenvalue weighted by Crippen LogP contribution is -2.30. The molecule has 6 heteroatoms. The molecule has 0 amide bonds. The smallest absolute Gasteiger partial charge is 0.243 e. The van der Waals surface area contributed by atoms with Crippen molar-refractivity contribution in [2.45, 2.75) is 38.1 Å². The van der Waals surface area contributed by atoms with E-state index in [1.807, 2.05) is 6.92 Å². The van der Waals surface area contributed by atoms with Crippen molar-refractivity contribution >= 4 is 10.0 Å². The van der Waals surface area contributed by atoms with E-state index in [0.717, 1.165) is 19.4 Å². The Balaban J connectivity index is 2.33. The van der Waals surface area contributed by atoms with Crippen LogP contribution in [-0.2, 0) is 16.6 Å². The fourth-order valence-electron chi connectivity index (χ4n) is 2.28. The van der Waals surface area contributed by atoms with Gasteiger partial charge in [0.15, 0.2) is 0 Å². The number of rotatable bonds is 7. The maximum atomic E-state index is 14.0. The van der Waals surface area contributed by atoms with Gasteiger partial charge in [0.2, 0.25) is 10.0 Å². The van der Waals surface area contributed by atoms with E-state index in [2.05, 4.69) is 5.32 Å². The van der Waals surface area contributed by atoms with E-state index in [9.17, 15) is 12.8 Å². The summed E-state index contributed by atoms with van der Waals surface area (Å²) in [6.45, 7) is 5.19. The molecule has 0 unspecified atom stereocenters. The maximum Gasteiger partial charge on any atom is 0.243 e. The maximum absolute atomic E-state index is 14.0. The highest BCUT2D eigenvalue weighted by molar-refractivity contribution is 7.89. The molecule has 1 aromatic rings. The van der Waals surface area contributed by atoms with Gasteiger partial charge in [-0.2, -0.15) is 0 Å². The van der Waals surface area contributed by atoms with Gasteiger partial charge in [-0.3, -0.25) is 0 Å². The third-order valence-corrected chi connectivity index (χ3v) is 5.79. The Morgan fingerprint density at radius 1 is 1.38 bits per heavy atom. The second-order valence-corrected chi connectivity index (χ2v) is 7.72. The molecule has 0 heterocycles. The van der Waals surface area contributed by atoms with Gasteiger partial charge >= 0.3 is 0 Å². The van der Waals surface area contributed by atoms with Crippen LogP contribution in [0.25, 0.3) is 0 Å². The van der Waals surface area contributed by atoms with Crippen LogP contribution in [-0.4, -0.2) is 32.9 Å². The van der Waals surface area contributed by atoms with Gasteiger partial charge in [-0.1, -0.05) is 6.92 Å². The molecular weight excluding hydrogens is 291 g/mol. The zero-order valence-corrected chi connectivity index (χ0v) is 13.6. The van der Waals surface area contributed by atoms with Gasteiger partial charge < -0.3 is 5.32 Å². The lowest BCUT2D eigenvalue weighted by molar-refractivity contribution is 0.451. The highest BCUT2D eigenvalue weighted by Gasteiger charge is 2.30. The SMILES string of the molecule is CCNCc1cc(F)c(C)c(S(=O)(=O)N(C)CC2CC2)c1. The molecule has 0 radical (unpaired) electrons. The van der Waals surface area contributed by atoms with Gasteiger partial charge in [0.05, 0.1) is 4.90 Å². The zero-order chi connectivity index (χ0) is 15.6. The minimum absolute atomic E-state index is 0.0820. The molecule has 118 valence electrons. The molecule has 0 aromatic heterocycles. The van der Waals surface area contributed by atoms with E-state index in [4.69, 9.17) is 0 Å². The molecule has 4 nitrogen and oxygen atoms in total. The number of sulfonamides is 1. The third kappa shape index (κ3) is 3.81. The Morgan fingerprint density at radius 2 is 2.05 bits per heavy atom. The van der Waals surface area contributed by atoms with Gasteiger partial charge in [0.1, 0.15) is 5.82 Å². The number of nitrogens with one attached hydrogen (secondary N) is 1. The van der Waals surface area contributed by atoms with Gasteiger partial charge in [0.25, 0.3) is 0 Å². The Kier molecular flexibility index (Phi) is 5.01. The predicted molar refractivity (Wildman–Crippen MR) is 81.1 cm³/mol. The number of halogens is 1. The standard InChI is InChI=1S/C15H23FN2O2S/c1-4-17-9-13-7-14(16)11(2)15(8-13)21(19,20)18(3)10-12-5-6-12/h7-8,12,17H,4-6,9-10H2,1-3H3. The monoisotopic (exact) mass is 314 g/mol. The van der Waals surface area contributed by atoms with Crippen molar-refractivity contribution in [1.29, 1.82) is 0 Å². The highest BCUT2D eigenvalue weighted by Crippen LogP contribution is 2.32. The summed E-state index contributed by atoms with van der Waals surface area (Å²) in [6, 6.07) is 2.98. The molecule has 0 aliphatic heterocycles. The van der Waals surface area contributed by atoms with E-state index in [-0.39, 0.29) is 10.5 Å². The van der Waals surface area contributed by atoms with Crippen LogP contribution in [0.5, 0.6) is 0 Å². The number of benzene rings is 1. The van der Waals surface area contributed by atoms with E-state index < -0.39 is 15.8 Å². The number of hydrogen-bond acceptors (Lipinski definition) is 3. The second-order valence-electron chi connectivity index (χ2n) is 5.71. The summed E-state index contributed by atoms with van der Waals surface area (Å²) in [4.78, 5) is 0.0820. The minimum atomic E-state index is -3.63. The van der Waals surface area contributed by atoms with Gasteiger partial charge in [0, 0.05) is 25.7 Å². The summed E-state index contributed by atoms with van der Waals surface area (Å²) in [5.41, 5.74) is 0.844. The first-order valence-corrected chi connectivity index (χ1v) is 8.76. The zero-order valence-electron chi connectivity index (χ0n) is 12.8. The van der Waals surface area contributed by atoms with Gasteiger partial charge in [-0.25, -0.2) is 17.1 Å². The highest BCUT2D eigenvalue weighted by atomic mass is 32.2. The van der Waals surface area contributed by atoms with Crippen LogP contribution in [0.1, 0.15) is 30.9 Å². The van der Waals surface area contributed by atoms with Crippen LogP contribution in [0.4, 0.5) is 4.39 Å². The molecule has 1 fully saturated rings. The van der Waals surface area contributed by atoms with Crippen molar-refractivity contribution < 1.29 is 12.8 Å². The Hall–Kier alpha value is -0.980. The first-order chi connectivity index (χ1) is 9.86. The molecule has 1 aliphatic rings. The number of hydrogen-bond donors (Lipinski definition) is 1. The largest absolute Gasteiger partial charge is 0.313 e. The van der Waals surface area contributed by atoms with E-state index in [1.54, 1.807) is 13.1 Å². The summed E-state index contributed by atoms with van der Waals surface area (Å²) in [5, 5.41) is 3.09. The molecule has 1 aliphatic carbocycles. The normalized spacial score (nSPS) is 15.7. The van der Waals surface area contributed by atoms with Gasteiger partial charge in [-0.05, 0) is 49.9 Å². The predicted octanol–water partition coefficient (Wildman–Crippen LogP) is 2.27. The summed E-state index contributed by atoms with van der Waals surface area (Å²) in [5.74, 6) is -0.0105. The van der Waals surface area contributed by atoms with Crippen LogP contribution in [0.2, 0.25) is 0 Å². The lowest BCUT2D eigenvalue weighted by atomic mass is 10.1. The lowest BCUT2D eigenvalue weighted by Gasteiger charge is -2.19. The Labute approximate surface area is 126 Å². The Bertz CT molecular complexity index is 612. The molecule has 0 spiro atoms. The first-order valence-electron chi connectivity index (χ1n) is 7.32. The molecular formula is C15H23FN2O2S. The number of nitrogens with zero attached hydrogens (tertiary/aromatic N) is 1. The first kappa shape index (κ1) is 16.4. The van der Waals surface area contributed by atoms with Crippen molar-refractivity contribution in [2.24, 2.45) is 5.92 Å². The molecule has 0 bridgehead atoms. The third-order valence-electron chi connectivity index (χ3n) is 3.84. The van der Waals surface area contributed by atoms with Crippen molar-refractivity contribution in [3.8, 4) is 0 Å². The summed E-state index contributed by atoms with van der Waals surface area (Å²) >= 11 is 0. The minimum Gasteiger partial charge on any atom is -0.313 e. The topological polar surface area (TPSA) is 49.4 Å². The summed E-state index contributed by atoms with van der Waals surface area (Å²) in [6.07, 6.45) is 2.15.